The number of fused-ring (bicyclic) bond motifs is 2. The van der Waals surface area contributed by atoms with Gasteiger partial charge in [-0.1, -0.05) is 38.8 Å². The quantitative estimate of drug-likeness (QED) is 0.356. The van der Waals surface area contributed by atoms with E-state index in [1.165, 1.54) is 51.4 Å². The van der Waals surface area contributed by atoms with Crippen LogP contribution in [-0.4, -0.2) is 11.9 Å². The summed E-state index contributed by atoms with van der Waals surface area (Å²) in [7, 11) is 0. The summed E-state index contributed by atoms with van der Waals surface area (Å²) >= 11 is 0. The zero-order valence-electron chi connectivity index (χ0n) is 17.5. The highest BCUT2D eigenvalue weighted by Gasteiger charge is 2.54. The predicted octanol–water partition coefficient (Wildman–Crippen LogP) is 5.48. The van der Waals surface area contributed by atoms with E-state index in [9.17, 15) is 9.59 Å². The Morgan fingerprint density at radius 1 is 0.633 bits per heavy atom. The topological polar surface area (TPSA) is 52.6 Å². The van der Waals surface area contributed by atoms with Crippen LogP contribution in [0.1, 0.15) is 51.4 Å². The molecule has 5 rings (SSSR count). The molecule has 0 saturated heterocycles. The summed E-state index contributed by atoms with van der Waals surface area (Å²) < 4.78 is 11.0. The molecule has 0 aromatic heterocycles. The van der Waals surface area contributed by atoms with E-state index in [4.69, 9.17) is 9.47 Å². The van der Waals surface area contributed by atoms with E-state index in [-0.39, 0.29) is 11.9 Å². The third kappa shape index (κ3) is 3.61. The Labute approximate surface area is 178 Å². The van der Waals surface area contributed by atoms with Crippen molar-refractivity contribution in [2.45, 2.75) is 51.4 Å². The van der Waals surface area contributed by atoms with Crippen LogP contribution in [0.15, 0.2) is 48.6 Å². The summed E-state index contributed by atoms with van der Waals surface area (Å²) in [4.78, 5) is 25.0. The summed E-state index contributed by atoms with van der Waals surface area (Å²) in [5.74, 6) is 3.32. The molecular weight excluding hydrogens is 376 g/mol. The van der Waals surface area contributed by atoms with E-state index in [2.05, 4.69) is 13.2 Å². The molecule has 0 aliphatic heterocycles. The predicted molar refractivity (Wildman–Crippen MR) is 114 cm³/mol. The lowest BCUT2D eigenvalue weighted by molar-refractivity contribution is -0.131. The maximum Gasteiger partial charge on any atom is 0.339 e. The van der Waals surface area contributed by atoms with Crippen LogP contribution in [0.4, 0.5) is 0 Å². The van der Waals surface area contributed by atoms with Gasteiger partial charge in [-0.15, -0.1) is 0 Å². The Morgan fingerprint density at radius 3 is 1.23 bits per heavy atom. The molecular formula is C26H30O4. The molecule has 4 aliphatic carbocycles. The van der Waals surface area contributed by atoms with E-state index in [1.54, 1.807) is 24.3 Å². The summed E-state index contributed by atoms with van der Waals surface area (Å²) in [5.41, 5.74) is 1.20. The zero-order chi connectivity index (χ0) is 20.8. The van der Waals surface area contributed by atoms with Crippen molar-refractivity contribution in [2.75, 3.05) is 0 Å². The molecule has 4 nitrogen and oxygen atoms in total. The number of esters is 2. The van der Waals surface area contributed by atoms with Crippen molar-refractivity contribution in [3.05, 3.63) is 48.6 Å². The molecule has 4 atom stereocenters. The second kappa shape index (κ2) is 7.72. The normalized spacial score (nSPS) is 33.5. The lowest BCUT2D eigenvalue weighted by Gasteiger charge is -2.09. The van der Waals surface area contributed by atoms with Crippen LogP contribution in [-0.2, 0) is 9.59 Å². The lowest BCUT2D eigenvalue weighted by Crippen LogP contribution is -2.14. The van der Waals surface area contributed by atoms with E-state index < -0.39 is 0 Å². The highest BCUT2D eigenvalue weighted by molar-refractivity contribution is 5.91. The fraction of sp³-hybridized carbons (Fsp3) is 0.538. The minimum Gasteiger partial charge on any atom is -0.423 e. The minimum absolute atomic E-state index is 0.303. The molecule has 4 aliphatic rings. The van der Waals surface area contributed by atoms with Crippen LogP contribution in [0.2, 0.25) is 0 Å². The first kappa shape index (κ1) is 19.6. The van der Waals surface area contributed by atoms with Gasteiger partial charge in [-0.3, -0.25) is 0 Å². The Hall–Kier alpha value is -2.36. The van der Waals surface area contributed by atoms with Crippen molar-refractivity contribution in [1.29, 1.82) is 0 Å². The van der Waals surface area contributed by atoms with Crippen molar-refractivity contribution in [2.24, 2.45) is 35.5 Å². The van der Waals surface area contributed by atoms with Crippen molar-refractivity contribution < 1.29 is 19.1 Å². The average molecular weight is 407 g/mol. The molecule has 0 bridgehead atoms. The summed E-state index contributed by atoms with van der Waals surface area (Å²) in [6.07, 6.45) is 9.85. The van der Waals surface area contributed by atoms with Crippen LogP contribution in [0.3, 0.4) is 0 Å². The molecule has 4 unspecified atom stereocenters. The van der Waals surface area contributed by atoms with Crippen LogP contribution in [0.5, 0.6) is 11.5 Å². The van der Waals surface area contributed by atoms with Gasteiger partial charge in [-0.25, -0.2) is 9.59 Å². The van der Waals surface area contributed by atoms with Crippen molar-refractivity contribution in [1.82, 2.24) is 0 Å². The van der Waals surface area contributed by atoms with Crippen molar-refractivity contribution >= 4 is 11.9 Å². The van der Waals surface area contributed by atoms with Gasteiger partial charge in [0, 0.05) is 11.1 Å². The standard InChI is InChI=1S/C26H30O4/c1-15(23-19-7-3-4-8-20(19)23)25(27)29-17-11-13-18(14-12-17)30-26(28)16(2)24-21-9-5-6-10-22(21)24/h11-14,19-24H,1-10H2. The molecule has 0 radical (unpaired) electrons. The van der Waals surface area contributed by atoms with Gasteiger partial charge in [-0.2, -0.15) is 0 Å². The van der Waals surface area contributed by atoms with Crippen LogP contribution < -0.4 is 9.47 Å². The smallest absolute Gasteiger partial charge is 0.339 e. The first-order chi connectivity index (χ1) is 14.5. The van der Waals surface area contributed by atoms with Gasteiger partial charge in [0.05, 0.1) is 0 Å². The second-order valence-corrected chi connectivity index (χ2v) is 9.58. The van der Waals surface area contributed by atoms with Crippen LogP contribution in [0.25, 0.3) is 0 Å². The SMILES string of the molecule is C=C(C(=O)Oc1ccc(OC(=O)C(=C)C2C3CCCCC32)cc1)C1C2CCCCC21. The van der Waals surface area contributed by atoms with E-state index in [0.29, 0.717) is 58.2 Å². The van der Waals surface area contributed by atoms with Gasteiger partial charge in [-0.05, 0) is 85.5 Å². The number of benzene rings is 1. The molecule has 0 amide bonds. The van der Waals surface area contributed by atoms with E-state index in [0.717, 1.165) is 0 Å². The van der Waals surface area contributed by atoms with Crippen LogP contribution in [0, 0.1) is 35.5 Å². The third-order valence-electron chi connectivity index (χ3n) is 7.89. The van der Waals surface area contributed by atoms with Gasteiger partial charge in [0.1, 0.15) is 11.5 Å². The molecule has 30 heavy (non-hydrogen) atoms. The monoisotopic (exact) mass is 406 g/mol. The number of hydrogen-bond acceptors (Lipinski definition) is 4. The largest absolute Gasteiger partial charge is 0.423 e. The third-order valence-corrected chi connectivity index (χ3v) is 7.89. The summed E-state index contributed by atoms with van der Waals surface area (Å²) in [6, 6.07) is 6.64. The first-order valence-corrected chi connectivity index (χ1v) is 11.5. The molecule has 0 spiro atoms. The Bertz CT molecular complexity index is 786. The average Bonchev–Trinajstić information content (AvgIpc) is 3.67. The second-order valence-electron chi connectivity index (χ2n) is 9.58. The van der Waals surface area contributed by atoms with Gasteiger partial charge in [0.25, 0.3) is 0 Å². The lowest BCUT2D eigenvalue weighted by atomic mass is 10.0. The van der Waals surface area contributed by atoms with Gasteiger partial charge < -0.3 is 9.47 Å². The molecule has 1 aromatic rings. The molecule has 4 heteroatoms. The zero-order valence-corrected chi connectivity index (χ0v) is 17.5. The summed E-state index contributed by atoms with van der Waals surface area (Å²) in [5, 5.41) is 0. The van der Waals surface area contributed by atoms with Crippen LogP contribution >= 0.6 is 0 Å². The molecule has 0 heterocycles. The minimum atomic E-state index is -0.344. The van der Waals surface area contributed by atoms with E-state index >= 15 is 0 Å². The fourth-order valence-electron chi connectivity index (χ4n) is 6.21. The molecule has 4 fully saturated rings. The number of carbonyl (C=O) groups is 2. The number of rotatable bonds is 6. The maximum atomic E-state index is 12.5. The van der Waals surface area contributed by atoms with E-state index in [1.807, 2.05) is 0 Å². The Kier molecular flexibility index (Phi) is 5.04. The number of carbonyl (C=O) groups excluding carboxylic acids is 2. The Morgan fingerprint density at radius 2 is 0.933 bits per heavy atom. The van der Waals surface area contributed by atoms with Gasteiger partial charge in [0.2, 0.25) is 0 Å². The highest BCUT2D eigenvalue weighted by Crippen LogP contribution is 2.59. The van der Waals surface area contributed by atoms with Crippen molar-refractivity contribution in [3.8, 4) is 11.5 Å². The molecule has 4 saturated carbocycles. The van der Waals surface area contributed by atoms with Crippen molar-refractivity contribution in [3.63, 3.8) is 0 Å². The maximum absolute atomic E-state index is 12.5. The first-order valence-electron chi connectivity index (χ1n) is 11.5. The molecule has 0 N–H and O–H groups in total. The fourth-order valence-corrected chi connectivity index (χ4v) is 6.21. The summed E-state index contributed by atoms with van der Waals surface area (Å²) in [6.45, 7) is 8.03. The molecule has 1 aromatic carbocycles. The number of hydrogen-bond donors (Lipinski definition) is 0. The molecule has 158 valence electrons. The number of ether oxygens (including phenoxy) is 2. The highest BCUT2D eigenvalue weighted by atomic mass is 16.5. The van der Waals surface area contributed by atoms with Gasteiger partial charge in [0.15, 0.2) is 0 Å². The van der Waals surface area contributed by atoms with Gasteiger partial charge >= 0.3 is 11.9 Å². The Balaban J connectivity index is 1.13.